The number of hydrogen-bond donors (Lipinski definition) is 0. The summed E-state index contributed by atoms with van der Waals surface area (Å²) in [6.45, 7) is 12.8. The molecule has 0 aromatic heterocycles. The third-order valence-corrected chi connectivity index (χ3v) is 2.68. The second kappa shape index (κ2) is 3.35. The third kappa shape index (κ3) is 1.80. The topological polar surface area (TPSA) is 6.48 Å². The van der Waals surface area contributed by atoms with Gasteiger partial charge in [-0.2, -0.15) is 0 Å². The van der Waals surface area contributed by atoms with Crippen molar-refractivity contribution in [2.24, 2.45) is 5.41 Å². The van der Waals surface area contributed by atoms with Crippen molar-refractivity contribution in [3.05, 3.63) is 0 Å². The molecule has 0 aliphatic carbocycles. The molecule has 0 saturated carbocycles. The lowest BCUT2D eigenvalue weighted by atomic mass is 9.91. The molecule has 1 rings (SSSR count). The lowest BCUT2D eigenvalue weighted by Gasteiger charge is -2.38. The van der Waals surface area contributed by atoms with Gasteiger partial charge >= 0.3 is 0 Å². The summed E-state index contributed by atoms with van der Waals surface area (Å²) in [6.07, 6.45) is 0.627. The Labute approximate surface area is 76.5 Å². The van der Waals surface area contributed by atoms with E-state index in [9.17, 15) is 0 Å². The molecular weight excluding hydrogens is 148 g/mol. The van der Waals surface area contributed by atoms with Gasteiger partial charge in [0.1, 0.15) is 0 Å². The summed E-state index contributed by atoms with van der Waals surface area (Å²) in [5.41, 5.74) is 0.376. The molecule has 1 aliphatic heterocycles. The highest BCUT2D eigenvalue weighted by molar-refractivity contribution is 4.87. The summed E-state index contributed by atoms with van der Waals surface area (Å²) in [6, 6.07) is 0. The molecule has 72 valence electrons. The average Bonchev–Trinajstić information content (AvgIpc) is 2.29. The summed E-state index contributed by atoms with van der Waals surface area (Å²) < 4.78 is 0. The van der Waals surface area contributed by atoms with Gasteiger partial charge in [0.2, 0.25) is 0 Å². The van der Waals surface area contributed by atoms with Crippen LogP contribution >= 0.6 is 0 Å². The zero-order valence-electron chi connectivity index (χ0n) is 9.09. The number of nitrogens with zero attached hydrogens (tertiary/aromatic N) is 2. The number of likely N-dealkylation sites (N-methyl/N-ethyl adjacent to an activating group) is 2. The molecule has 0 aromatic rings. The van der Waals surface area contributed by atoms with Crippen LogP contribution in [0.3, 0.4) is 0 Å². The summed E-state index contributed by atoms with van der Waals surface area (Å²) >= 11 is 0. The molecule has 0 radical (unpaired) electrons. The highest BCUT2D eigenvalue weighted by Gasteiger charge is 2.36. The quantitative estimate of drug-likeness (QED) is 0.590. The monoisotopic (exact) mass is 170 g/mol. The van der Waals surface area contributed by atoms with Gasteiger partial charge < -0.3 is 0 Å². The minimum atomic E-state index is 0.376. The van der Waals surface area contributed by atoms with Crippen LogP contribution in [0.5, 0.6) is 0 Å². The van der Waals surface area contributed by atoms with Crippen LogP contribution in [0.1, 0.15) is 27.7 Å². The van der Waals surface area contributed by atoms with E-state index in [1.807, 2.05) is 0 Å². The van der Waals surface area contributed by atoms with Crippen molar-refractivity contribution >= 4 is 0 Å². The van der Waals surface area contributed by atoms with Gasteiger partial charge in [0.15, 0.2) is 0 Å². The Balaban J connectivity index is 2.70. The maximum Gasteiger partial charge on any atom is 0.0670 e. The molecule has 2 heteroatoms. The molecule has 1 atom stereocenters. The Kier molecular flexibility index (Phi) is 2.79. The molecule has 0 bridgehead atoms. The first-order chi connectivity index (χ1) is 5.46. The molecule has 1 fully saturated rings. The SMILES string of the molecule is CCN1CCN(C)C1C(C)(C)C. The first-order valence-electron chi connectivity index (χ1n) is 4.91. The van der Waals surface area contributed by atoms with Gasteiger partial charge in [-0.25, -0.2) is 0 Å². The molecule has 1 unspecified atom stereocenters. The molecule has 2 nitrogen and oxygen atoms in total. The Bertz CT molecular complexity index is 148. The first-order valence-corrected chi connectivity index (χ1v) is 4.91. The lowest BCUT2D eigenvalue weighted by Crippen LogP contribution is -2.46. The summed E-state index contributed by atoms with van der Waals surface area (Å²) in [5.74, 6) is 0. The van der Waals surface area contributed by atoms with Crippen LogP contribution in [-0.2, 0) is 0 Å². The van der Waals surface area contributed by atoms with Crippen molar-refractivity contribution in [2.45, 2.75) is 33.9 Å². The van der Waals surface area contributed by atoms with E-state index in [0.29, 0.717) is 11.6 Å². The van der Waals surface area contributed by atoms with Crippen LogP contribution in [0, 0.1) is 5.41 Å². The molecule has 12 heavy (non-hydrogen) atoms. The van der Waals surface area contributed by atoms with Crippen LogP contribution in [0.2, 0.25) is 0 Å². The van der Waals surface area contributed by atoms with E-state index in [4.69, 9.17) is 0 Å². The number of hydrogen-bond acceptors (Lipinski definition) is 2. The maximum atomic E-state index is 2.56. The molecule has 0 amide bonds. The molecule has 1 heterocycles. The van der Waals surface area contributed by atoms with Gasteiger partial charge in [-0.1, -0.05) is 27.7 Å². The van der Waals surface area contributed by atoms with Gasteiger partial charge in [-0.05, 0) is 19.0 Å². The van der Waals surface area contributed by atoms with Crippen molar-refractivity contribution in [1.82, 2.24) is 9.80 Å². The van der Waals surface area contributed by atoms with Crippen LogP contribution < -0.4 is 0 Å². The molecule has 0 aromatic carbocycles. The van der Waals surface area contributed by atoms with Gasteiger partial charge in [0.05, 0.1) is 6.17 Å². The van der Waals surface area contributed by atoms with Crippen molar-refractivity contribution in [1.29, 1.82) is 0 Å². The predicted molar refractivity (Wildman–Crippen MR) is 53.1 cm³/mol. The third-order valence-electron chi connectivity index (χ3n) is 2.68. The van der Waals surface area contributed by atoms with Gasteiger partial charge in [0.25, 0.3) is 0 Å². The second-order valence-electron chi connectivity index (χ2n) is 4.85. The van der Waals surface area contributed by atoms with Crippen LogP contribution in [0.25, 0.3) is 0 Å². The highest BCUT2D eigenvalue weighted by atomic mass is 15.4. The number of rotatable bonds is 1. The summed E-state index contributed by atoms with van der Waals surface area (Å²) in [4.78, 5) is 5.02. The van der Waals surface area contributed by atoms with E-state index in [-0.39, 0.29) is 0 Å². The maximum absolute atomic E-state index is 2.56. The Morgan fingerprint density at radius 2 is 1.83 bits per heavy atom. The normalized spacial score (nSPS) is 28.2. The van der Waals surface area contributed by atoms with E-state index >= 15 is 0 Å². The smallest absolute Gasteiger partial charge is 0.0670 e. The van der Waals surface area contributed by atoms with Crippen LogP contribution in [0.4, 0.5) is 0 Å². The minimum Gasteiger partial charge on any atom is -0.289 e. The van der Waals surface area contributed by atoms with E-state index in [2.05, 4.69) is 44.5 Å². The Morgan fingerprint density at radius 1 is 1.25 bits per heavy atom. The van der Waals surface area contributed by atoms with E-state index in [1.165, 1.54) is 19.6 Å². The zero-order valence-corrected chi connectivity index (χ0v) is 9.09. The first kappa shape index (κ1) is 10.0. The van der Waals surface area contributed by atoms with Crippen molar-refractivity contribution in [3.63, 3.8) is 0 Å². The fourth-order valence-corrected chi connectivity index (χ4v) is 2.35. The van der Waals surface area contributed by atoms with E-state index in [1.54, 1.807) is 0 Å². The summed E-state index contributed by atoms with van der Waals surface area (Å²) in [5, 5.41) is 0. The highest BCUT2D eigenvalue weighted by Crippen LogP contribution is 2.29. The fourth-order valence-electron chi connectivity index (χ4n) is 2.35. The standard InChI is InChI=1S/C10H22N2/c1-6-12-8-7-11(5)9(12)10(2,3)4/h9H,6-8H2,1-5H3. The summed E-state index contributed by atoms with van der Waals surface area (Å²) in [7, 11) is 2.23. The van der Waals surface area contributed by atoms with Crippen molar-refractivity contribution < 1.29 is 0 Å². The Morgan fingerprint density at radius 3 is 2.17 bits per heavy atom. The fraction of sp³-hybridized carbons (Fsp3) is 1.00. The van der Waals surface area contributed by atoms with Gasteiger partial charge in [0, 0.05) is 13.1 Å². The van der Waals surface area contributed by atoms with E-state index in [0.717, 1.165) is 0 Å². The van der Waals surface area contributed by atoms with Gasteiger partial charge in [-0.3, -0.25) is 9.80 Å². The molecular formula is C10H22N2. The predicted octanol–water partition coefficient (Wildman–Crippen LogP) is 1.63. The molecule has 0 spiro atoms. The van der Waals surface area contributed by atoms with Crippen LogP contribution in [-0.4, -0.2) is 42.6 Å². The molecule has 1 aliphatic rings. The lowest BCUT2D eigenvalue weighted by molar-refractivity contribution is 0.0573. The Hall–Kier alpha value is -0.0800. The second-order valence-corrected chi connectivity index (χ2v) is 4.85. The minimum absolute atomic E-state index is 0.376. The van der Waals surface area contributed by atoms with Gasteiger partial charge in [-0.15, -0.1) is 0 Å². The largest absolute Gasteiger partial charge is 0.289 e. The zero-order chi connectivity index (χ0) is 9.35. The van der Waals surface area contributed by atoms with Crippen LogP contribution in [0.15, 0.2) is 0 Å². The van der Waals surface area contributed by atoms with Crippen molar-refractivity contribution in [2.75, 3.05) is 26.7 Å². The molecule has 0 N–H and O–H groups in total. The average molecular weight is 170 g/mol. The van der Waals surface area contributed by atoms with Crippen molar-refractivity contribution in [3.8, 4) is 0 Å². The van der Waals surface area contributed by atoms with E-state index < -0.39 is 0 Å². The molecule has 1 saturated heterocycles.